The minimum atomic E-state index is -0.573. The molecule has 3 rings (SSSR count). The van der Waals surface area contributed by atoms with Crippen molar-refractivity contribution in [1.29, 1.82) is 5.26 Å². The third-order valence-corrected chi connectivity index (χ3v) is 3.78. The fourth-order valence-electron chi connectivity index (χ4n) is 2.40. The van der Waals surface area contributed by atoms with Crippen molar-refractivity contribution in [3.8, 4) is 17.3 Å². The zero-order valence-corrected chi connectivity index (χ0v) is 13.7. The van der Waals surface area contributed by atoms with Crippen LogP contribution < -0.4 is 16.3 Å². The average Bonchev–Trinajstić information content (AvgIpc) is 2.60. The van der Waals surface area contributed by atoms with Crippen LogP contribution in [0.15, 0.2) is 58.7 Å². The Morgan fingerprint density at radius 1 is 1.16 bits per heavy atom. The van der Waals surface area contributed by atoms with Gasteiger partial charge in [0, 0.05) is 11.8 Å². The Balaban J connectivity index is 2.02. The lowest BCUT2D eigenvalue weighted by atomic mass is 10.0. The Labute approximate surface area is 148 Å². The van der Waals surface area contributed by atoms with E-state index in [4.69, 9.17) is 5.26 Å². The number of amides is 1. The van der Waals surface area contributed by atoms with E-state index in [0.717, 1.165) is 11.1 Å². The van der Waals surface area contributed by atoms with Gasteiger partial charge in [-0.1, -0.05) is 30.3 Å². The van der Waals surface area contributed by atoms with Crippen molar-refractivity contribution >= 4 is 24.6 Å². The highest BCUT2D eigenvalue weighted by molar-refractivity contribution is 7.80. The first-order chi connectivity index (χ1) is 12.1. The Kier molecular flexibility index (Phi) is 4.68. The molecular formula is C17H13N5O2S. The molecule has 7 nitrogen and oxygen atoms in total. The predicted molar refractivity (Wildman–Crippen MR) is 96.0 cm³/mol. The highest BCUT2D eigenvalue weighted by Gasteiger charge is 2.22. The molecule has 1 atom stereocenters. The fraction of sp³-hybridized carbons (Fsp3) is 0.0588. The molecule has 3 N–H and O–H groups in total. The number of hydrogen-bond donors (Lipinski definition) is 4. The molecule has 2 heterocycles. The number of aromatic nitrogens is 2. The minimum absolute atomic E-state index is 0.0173. The van der Waals surface area contributed by atoms with Gasteiger partial charge in [0.15, 0.2) is 0 Å². The van der Waals surface area contributed by atoms with E-state index in [0.29, 0.717) is 11.4 Å². The van der Waals surface area contributed by atoms with Crippen LogP contribution >= 0.6 is 12.6 Å². The van der Waals surface area contributed by atoms with Gasteiger partial charge in [-0.2, -0.15) is 5.26 Å². The van der Waals surface area contributed by atoms with Crippen molar-refractivity contribution in [2.75, 3.05) is 0 Å². The van der Waals surface area contributed by atoms with E-state index in [-0.39, 0.29) is 5.57 Å². The number of nitrogens with zero attached hydrogens (tertiary/aromatic N) is 2. The van der Waals surface area contributed by atoms with Crippen molar-refractivity contribution in [3.63, 3.8) is 0 Å². The molecular weight excluding hydrogens is 338 g/mol. The van der Waals surface area contributed by atoms with Crippen LogP contribution in [0.5, 0.6) is 0 Å². The molecule has 1 aliphatic rings. The molecule has 1 aliphatic heterocycles. The second kappa shape index (κ2) is 7.07. The van der Waals surface area contributed by atoms with Crippen molar-refractivity contribution in [2.45, 2.75) is 5.50 Å². The van der Waals surface area contributed by atoms with E-state index in [1.54, 1.807) is 18.2 Å². The number of H-pyrrole nitrogens is 1. The molecule has 1 aromatic carbocycles. The Morgan fingerprint density at radius 3 is 2.72 bits per heavy atom. The first-order valence-corrected chi connectivity index (χ1v) is 7.83. The zero-order valence-electron chi connectivity index (χ0n) is 12.9. The van der Waals surface area contributed by atoms with Gasteiger partial charge in [0.25, 0.3) is 5.91 Å². The van der Waals surface area contributed by atoms with Crippen LogP contribution in [0.4, 0.5) is 0 Å². The number of hydrogen-bond acceptors (Lipinski definition) is 6. The largest absolute Gasteiger partial charge is 0.356 e. The summed E-state index contributed by atoms with van der Waals surface area (Å²) in [5, 5.41) is 14.6. The van der Waals surface area contributed by atoms with Crippen LogP contribution in [0, 0.1) is 11.3 Å². The van der Waals surface area contributed by atoms with Gasteiger partial charge in [-0.15, -0.1) is 12.6 Å². The van der Waals surface area contributed by atoms with E-state index in [2.05, 4.69) is 33.2 Å². The molecule has 2 aromatic rings. The second-order valence-corrected chi connectivity index (χ2v) is 5.65. The van der Waals surface area contributed by atoms with Crippen molar-refractivity contribution in [3.05, 3.63) is 69.9 Å². The number of benzene rings is 1. The van der Waals surface area contributed by atoms with Crippen molar-refractivity contribution in [1.82, 2.24) is 20.6 Å². The number of carbonyl (C=O) groups is 1. The molecule has 0 aliphatic carbocycles. The van der Waals surface area contributed by atoms with E-state index < -0.39 is 17.1 Å². The summed E-state index contributed by atoms with van der Waals surface area (Å²) in [6.45, 7) is 0. The molecule has 1 amide bonds. The van der Waals surface area contributed by atoms with Gasteiger partial charge >= 0.3 is 5.69 Å². The maximum absolute atomic E-state index is 11.8. The maximum atomic E-state index is 11.8. The Morgan fingerprint density at radius 2 is 1.96 bits per heavy atom. The molecule has 0 fully saturated rings. The standard InChI is InChI=1S/C17H13N5O2S/c18-9-12-13(21-17(25)22-15(12)23)6-5-10-3-1-2-4-11(10)14-7-8-19-16(24)20-14/h1-8,17,21,25H,(H,22,23)(H,19,20,24)/b6-5+. The Hall–Kier alpha value is -3.31. The molecule has 8 heteroatoms. The third-order valence-electron chi connectivity index (χ3n) is 3.52. The lowest BCUT2D eigenvalue weighted by molar-refractivity contribution is -0.117. The topological polar surface area (TPSA) is 111 Å². The molecule has 1 unspecified atom stereocenters. The summed E-state index contributed by atoms with van der Waals surface area (Å²) in [7, 11) is 0. The summed E-state index contributed by atoms with van der Waals surface area (Å²) in [4.78, 5) is 29.6. The van der Waals surface area contributed by atoms with Gasteiger partial charge in [-0.25, -0.2) is 9.78 Å². The predicted octanol–water partition coefficient (Wildman–Crippen LogP) is 1.16. The molecule has 25 heavy (non-hydrogen) atoms. The zero-order chi connectivity index (χ0) is 17.8. The van der Waals surface area contributed by atoms with Gasteiger partial charge in [-0.3, -0.25) is 4.79 Å². The average molecular weight is 351 g/mol. The third kappa shape index (κ3) is 3.62. The quantitative estimate of drug-likeness (QED) is 0.620. The number of nitriles is 1. The molecule has 0 radical (unpaired) electrons. The summed E-state index contributed by atoms with van der Waals surface area (Å²) >= 11 is 4.16. The normalized spacial score (nSPS) is 17.1. The number of aromatic amines is 1. The van der Waals surface area contributed by atoms with Crippen molar-refractivity contribution < 1.29 is 4.79 Å². The lowest BCUT2D eigenvalue weighted by Gasteiger charge is -2.22. The minimum Gasteiger partial charge on any atom is -0.356 e. The second-order valence-electron chi connectivity index (χ2n) is 5.13. The highest BCUT2D eigenvalue weighted by Crippen LogP contribution is 2.22. The number of allylic oxidation sites excluding steroid dienone is 1. The summed E-state index contributed by atoms with van der Waals surface area (Å²) in [5.74, 6) is -0.479. The van der Waals surface area contributed by atoms with E-state index >= 15 is 0 Å². The monoisotopic (exact) mass is 351 g/mol. The van der Waals surface area contributed by atoms with Gasteiger partial charge in [0.1, 0.15) is 17.1 Å². The van der Waals surface area contributed by atoms with Crippen LogP contribution in [0.1, 0.15) is 5.56 Å². The summed E-state index contributed by atoms with van der Waals surface area (Å²) in [6, 6.07) is 11.0. The molecule has 1 aromatic heterocycles. The first kappa shape index (κ1) is 16.5. The summed E-state index contributed by atoms with van der Waals surface area (Å²) < 4.78 is 0. The van der Waals surface area contributed by atoms with Gasteiger partial charge in [-0.05, 0) is 17.7 Å². The van der Waals surface area contributed by atoms with Gasteiger partial charge < -0.3 is 15.6 Å². The summed E-state index contributed by atoms with van der Waals surface area (Å²) in [6.07, 6.45) is 4.83. The van der Waals surface area contributed by atoms with Gasteiger partial charge in [0.2, 0.25) is 0 Å². The van der Waals surface area contributed by atoms with Crippen LogP contribution in [-0.4, -0.2) is 21.4 Å². The van der Waals surface area contributed by atoms with E-state index in [9.17, 15) is 9.59 Å². The highest BCUT2D eigenvalue weighted by atomic mass is 32.1. The smallest absolute Gasteiger partial charge is 0.345 e. The summed E-state index contributed by atoms with van der Waals surface area (Å²) in [5.41, 5.74) is 1.57. The molecule has 0 saturated heterocycles. The Bertz CT molecular complexity index is 987. The number of carbonyl (C=O) groups excluding carboxylic acids is 1. The van der Waals surface area contributed by atoms with E-state index in [1.165, 1.54) is 6.20 Å². The lowest BCUT2D eigenvalue weighted by Crippen LogP contribution is -2.46. The van der Waals surface area contributed by atoms with Gasteiger partial charge in [0.05, 0.1) is 11.4 Å². The molecule has 0 bridgehead atoms. The number of thiol groups is 1. The molecule has 0 saturated carbocycles. The van der Waals surface area contributed by atoms with Crippen molar-refractivity contribution in [2.24, 2.45) is 0 Å². The SMILES string of the molecule is N#CC1=C(/C=C/c2ccccc2-c2ccnc(=O)[nH]2)NC(S)NC1=O. The van der Waals surface area contributed by atoms with Crippen LogP contribution in [-0.2, 0) is 4.79 Å². The van der Waals surface area contributed by atoms with Crippen LogP contribution in [0.2, 0.25) is 0 Å². The maximum Gasteiger partial charge on any atom is 0.345 e. The number of rotatable bonds is 3. The first-order valence-electron chi connectivity index (χ1n) is 7.31. The van der Waals surface area contributed by atoms with Crippen LogP contribution in [0.25, 0.3) is 17.3 Å². The van der Waals surface area contributed by atoms with Crippen LogP contribution in [0.3, 0.4) is 0 Å². The molecule has 124 valence electrons. The number of nitrogens with one attached hydrogen (secondary N) is 3. The van der Waals surface area contributed by atoms with E-state index in [1.807, 2.05) is 30.3 Å². The molecule has 0 spiro atoms. The fourth-order valence-corrected chi connectivity index (χ4v) is 2.66.